The number of hydrogen-bond donors (Lipinski definition) is 1. The minimum atomic E-state index is -2.26. The topological polar surface area (TPSA) is 61.5 Å². The van der Waals surface area contributed by atoms with Gasteiger partial charge in [-0.15, -0.1) is 0 Å². The van der Waals surface area contributed by atoms with E-state index in [0.717, 1.165) is 0 Å². The second kappa shape index (κ2) is 5.79. The van der Waals surface area contributed by atoms with E-state index in [1.165, 1.54) is 0 Å². The fourth-order valence-electron chi connectivity index (χ4n) is 1.77. The highest BCUT2D eigenvalue weighted by molar-refractivity contribution is 6.87. The maximum atomic E-state index is 10.9. The average Bonchev–Trinajstić information content (AvgIpc) is 1.93. The zero-order valence-corrected chi connectivity index (χ0v) is 15.2. The molecule has 1 amide bonds. The minimum absolute atomic E-state index is 0.276. The minimum Gasteiger partial charge on any atom is -0.437 e. The van der Waals surface area contributed by atoms with Crippen LogP contribution in [0.4, 0.5) is 0 Å². The Morgan fingerprint density at radius 3 is 1.53 bits per heavy atom. The maximum Gasteiger partial charge on any atom is 0.314 e. The molecule has 0 bridgehead atoms. The molecule has 0 aliphatic carbocycles. The molecule has 2 N–H and O–H groups in total. The van der Waals surface area contributed by atoms with Crippen LogP contribution in [0.25, 0.3) is 0 Å². The van der Waals surface area contributed by atoms with Crippen LogP contribution in [0.1, 0.15) is 6.42 Å². The fourth-order valence-corrected chi connectivity index (χ4v) is 14.2. The van der Waals surface area contributed by atoms with Crippen molar-refractivity contribution in [3.8, 4) is 0 Å². The highest BCUT2D eigenvalue weighted by Crippen LogP contribution is 2.25. The number of primary amides is 1. The van der Waals surface area contributed by atoms with Crippen LogP contribution < -0.4 is 5.73 Å². The van der Waals surface area contributed by atoms with Gasteiger partial charge in [-0.1, -0.05) is 0 Å². The van der Waals surface area contributed by atoms with Gasteiger partial charge in [-0.05, 0) is 51.9 Å². The molecule has 0 aromatic rings. The lowest BCUT2D eigenvalue weighted by atomic mass is 10.5. The summed E-state index contributed by atoms with van der Waals surface area (Å²) in [6.45, 7) is 15.0. The molecule has 0 saturated carbocycles. The zero-order valence-electron chi connectivity index (χ0n) is 12.2. The number of amides is 1. The van der Waals surface area contributed by atoms with Crippen LogP contribution in [0.5, 0.6) is 0 Å². The number of hydrogen-bond acceptors (Lipinski definition) is 3. The SMILES string of the molecule is C[Si](C)(C)O[Si](C)(CCC(N)=O)O[Si](C)(C)C. The van der Waals surface area contributed by atoms with Crippen molar-refractivity contribution in [1.82, 2.24) is 0 Å². The van der Waals surface area contributed by atoms with Gasteiger partial charge in [0.05, 0.1) is 0 Å². The lowest BCUT2D eigenvalue weighted by Crippen LogP contribution is -2.52. The van der Waals surface area contributed by atoms with Gasteiger partial charge in [-0.2, -0.15) is 0 Å². The molecular formula is C10H27NO3Si3. The van der Waals surface area contributed by atoms with E-state index in [1.54, 1.807) is 0 Å². The maximum absolute atomic E-state index is 10.9. The summed E-state index contributed by atoms with van der Waals surface area (Å²) in [5.74, 6) is -0.276. The second-order valence-electron chi connectivity index (χ2n) is 6.53. The van der Waals surface area contributed by atoms with E-state index in [9.17, 15) is 4.79 Å². The Kier molecular flexibility index (Phi) is 5.80. The van der Waals surface area contributed by atoms with E-state index in [1.807, 2.05) is 0 Å². The molecule has 0 heterocycles. The van der Waals surface area contributed by atoms with Crippen LogP contribution in [-0.4, -0.2) is 31.1 Å². The molecule has 102 valence electrons. The van der Waals surface area contributed by atoms with Crippen molar-refractivity contribution in [2.45, 2.75) is 58.3 Å². The van der Waals surface area contributed by atoms with E-state index >= 15 is 0 Å². The van der Waals surface area contributed by atoms with Crippen molar-refractivity contribution in [1.29, 1.82) is 0 Å². The number of nitrogens with two attached hydrogens (primary N) is 1. The van der Waals surface area contributed by atoms with Crippen molar-refractivity contribution in [3.63, 3.8) is 0 Å². The Morgan fingerprint density at radius 1 is 0.941 bits per heavy atom. The van der Waals surface area contributed by atoms with Crippen LogP contribution in [0.3, 0.4) is 0 Å². The Morgan fingerprint density at radius 2 is 1.29 bits per heavy atom. The molecule has 4 nitrogen and oxygen atoms in total. The molecule has 0 unspecified atom stereocenters. The summed E-state index contributed by atoms with van der Waals surface area (Å²) in [4.78, 5) is 10.9. The summed E-state index contributed by atoms with van der Waals surface area (Å²) in [6, 6.07) is 0.664. The highest BCUT2D eigenvalue weighted by atomic mass is 28.5. The third kappa shape index (κ3) is 9.72. The Bertz CT molecular complexity index is 255. The van der Waals surface area contributed by atoms with Crippen LogP contribution in [0.2, 0.25) is 51.9 Å². The quantitative estimate of drug-likeness (QED) is 0.734. The third-order valence-electron chi connectivity index (χ3n) is 1.87. The van der Waals surface area contributed by atoms with Gasteiger partial charge in [0.15, 0.2) is 16.6 Å². The van der Waals surface area contributed by atoms with Crippen molar-refractivity contribution in [2.24, 2.45) is 5.73 Å². The molecule has 0 spiro atoms. The van der Waals surface area contributed by atoms with Gasteiger partial charge < -0.3 is 14.0 Å². The van der Waals surface area contributed by atoms with Gasteiger partial charge in [-0.25, -0.2) is 0 Å². The Hall–Kier alpha value is 0.0406. The molecular weight excluding hydrogens is 266 g/mol. The lowest BCUT2D eigenvalue weighted by Gasteiger charge is -2.38. The van der Waals surface area contributed by atoms with Crippen molar-refractivity contribution in [2.75, 3.05) is 0 Å². The normalized spacial score (nSPS) is 13.8. The number of carbonyl (C=O) groups excluding carboxylic acids is 1. The van der Waals surface area contributed by atoms with E-state index < -0.39 is 25.2 Å². The fraction of sp³-hybridized carbons (Fsp3) is 0.900. The standard InChI is InChI=1S/C10H27NO3Si3/c1-15(2,3)13-17(7,9-8-10(11)12)14-16(4,5)6/h8-9H2,1-7H3,(H2,11,12). The van der Waals surface area contributed by atoms with Gasteiger partial charge >= 0.3 is 8.56 Å². The van der Waals surface area contributed by atoms with E-state index in [-0.39, 0.29) is 5.91 Å². The Balaban J connectivity index is 4.74. The first kappa shape index (κ1) is 17.0. The molecule has 0 aromatic carbocycles. The van der Waals surface area contributed by atoms with E-state index in [0.29, 0.717) is 12.5 Å². The lowest BCUT2D eigenvalue weighted by molar-refractivity contribution is -0.117. The van der Waals surface area contributed by atoms with Crippen LogP contribution in [0, 0.1) is 0 Å². The smallest absolute Gasteiger partial charge is 0.314 e. The molecule has 0 aliphatic rings. The van der Waals surface area contributed by atoms with Gasteiger partial charge in [-0.3, -0.25) is 4.79 Å². The first-order valence-electron chi connectivity index (χ1n) is 6.02. The van der Waals surface area contributed by atoms with Crippen molar-refractivity contribution in [3.05, 3.63) is 0 Å². The van der Waals surface area contributed by atoms with Gasteiger partial charge in [0.2, 0.25) is 5.91 Å². The largest absolute Gasteiger partial charge is 0.437 e. The van der Waals surface area contributed by atoms with Crippen molar-refractivity contribution >= 4 is 31.1 Å². The summed E-state index contributed by atoms with van der Waals surface area (Å²) in [5.41, 5.74) is 5.22. The highest BCUT2D eigenvalue weighted by Gasteiger charge is 2.40. The van der Waals surface area contributed by atoms with Crippen molar-refractivity contribution < 1.29 is 13.0 Å². The van der Waals surface area contributed by atoms with E-state index in [4.69, 9.17) is 14.0 Å². The summed E-state index contributed by atoms with van der Waals surface area (Å²) >= 11 is 0. The number of carbonyl (C=O) groups is 1. The molecule has 7 heteroatoms. The molecule has 17 heavy (non-hydrogen) atoms. The molecule has 0 rings (SSSR count). The molecule has 0 atom stereocenters. The predicted octanol–water partition coefficient (Wildman–Crippen LogP) is 2.64. The van der Waals surface area contributed by atoms with Crippen LogP contribution in [0.15, 0.2) is 0 Å². The van der Waals surface area contributed by atoms with Gasteiger partial charge in [0.25, 0.3) is 0 Å². The Labute approximate surface area is 108 Å². The average molecular weight is 294 g/mol. The van der Waals surface area contributed by atoms with Gasteiger partial charge in [0, 0.05) is 6.42 Å². The van der Waals surface area contributed by atoms with Crippen LogP contribution >= 0.6 is 0 Å². The predicted molar refractivity (Wildman–Crippen MR) is 79.1 cm³/mol. The molecule has 0 aromatic heterocycles. The monoisotopic (exact) mass is 293 g/mol. The number of rotatable bonds is 7. The molecule has 0 fully saturated rings. The molecule has 0 saturated heterocycles. The molecule has 0 aliphatic heterocycles. The molecule has 0 radical (unpaired) electrons. The third-order valence-corrected chi connectivity index (χ3v) is 11.4. The first-order valence-corrected chi connectivity index (χ1v) is 15.4. The first-order chi connectivity index (χ1) is 7.33. The summed E-state index contributed by atoms with van der Waals surface area (Å²) in [6.07, 6.45) is 0.359. The summed E-state index contributed by atoms with van der Waals surface area (Å²) in [5, 5.41) is 0. The van der Waals surface area contributed by atoms with Gasteiger partial charge in [0.1, 0.15) is 0 Å². The summed E-state index contributed by atoms with van der Waals surface area (Å²) in [7, 11) is -5.58. The summed E-state index contributed by atoms with van der Waals surface area (Å²) < 4.78 is 12.5. The van der Waals surface area contributed by atoms with E-state index in [2.05, 4.69) is 45.8 Å². The second-order valence-corrected chi connectivity index (χ2v) is 19.4. The zero-order chi connectivity index (χ0) is 13.9. The van der Waals surface area contributed by atoms with Crippen LogP contribution in [-0.2, 0) is 13.0 Å².